The molecule has 4 rings (SSSR count). The first-order valence-electron chi connectivity index (χ1n) is 10.4. The van der Waals surface area contributed by atoms with Crippen molar-refractivity contribution in [1.82, 2.24) is 20.2 Å². The van der Waals surface area contributed by atoms with Gasteiger partial charge in [-0.25, -0.2) is 9.97 Å². The molecule has 1 saturated heterocycles. The topological polar surface area (TPSA) is 110 Å². The molecule has 0 atom stereocenters. The standard InChI is InChI=1S/C22H22F3N7O/c1-13-10-15(12-16(11-13)28-21-27-7-4-18(29-21)22(23,24)25)17-2-3-19(31-30-17)32-8-5-14(6-9-32)20(26)33/h2-4,7,10-12,14H,5-6,8-9H2,1H3,(H2,26,33)(H,27,28,29). The van der Waals surface area contributed by atoms with Crippen LogP contribution in [0.3, 0.4) is 0 Å². The molecule has 1 aromatic carbocycles. The second-order valence-electron chi connectivity index (χ2n) is 7.92. The lowest BCUT2D eigenvalue weighted by molar-refractivity contribution is -0.141. The molecule has 1 aliphatic heterocycles. The molecule has 0 saturated carbocycles. The predicted octanol–water partition coefficient (Wildman–Crippen LogP) is 3.71. The van der Waals surface area contributed by atoms with Crippen molar-refractivity contribution in [2.24, 2.45) is 11.7 Å². The number of hydrogen-bond donors (Lipinski definition) is 2. The molecule has 11 heteroatoms. The lowest BCUT2D eigenvalue weighted by atomic mass is 9.96. The summed E-state index contributed by atoms with van der Waals surface area (Å²) in [6.45, 7) is 3.22. The van der Waals surface area contributed by atoms with Gasteiger partial charge in [0.05, 0.1) is 5.69 Å². The number of carbonyl (C=O) groups is 1. The van der Waals surface area contributed by atoms with Crippen LogP contribution in [0, 0.1) is 12.8 Å². The summed E-state index contributed by atoms with van der Waals surface area (Å²) < 4.78 is 38.8. The molecule has 33 heavy (non-hydrogen) atoms. The first-order valence-corrected chi connectivity index (χ1v) is 10.4. The molecule has 3 N–H and O–H groups in total. The van der Waals surface area contributed by atoms with Crippen molar-refractivity contribution in [3.8, 4) is 11.3 Å². The van der Waals surface area contributed by atoms with Crippen molar-refractivity contribution in [3.63, 3.8) is 0 Å². The highest BCUT2D eigenvalue weighted by Crippen LogP contribution is 2.29. The van der Waals surface area contributed by atoms with Gasteiger partial charge in [0.25, 0.3) is 0 Å². The van der Waals surface area contributed by atoms with Gasteiger partial charge in [0.15, 0.2) is 5.82 Å². The minimum Gasteiger partial charge on any atom is -0.369 e. The third-order valence-corrected chi connectivity index (χ3v) is 5.45. The number of alkyl halides is 3. The van der Waals surface area contributed by atoms with Crippen molar-refractivity contribution >= 4 is 23.4 Å². The van der Waals surface area contributed by atoms with Crippen LogP contribution in [-0.4, -0.2) is 39.2 Å². The molecule has 1 aliphatic rings. The molecule has 0 spiro atoms. The summed E-state index contributed by atoms with van der Waals surface area (Å²) in [7, 11) is 0. The molecular weight excluding hydrogens is 435 g/mol. The number of aryl methyl sites for hydroxylation is 1. The maximum atomic E-state index is 12.9. The second kappa shape index (κ2) is 9.00. The van der Waals surface area contributed by atoms with Gasteiger partial charge in [0.1, 0.15) is 5.69 Å². The highest BCUT2D eigenvalue weighted by atomic mass is 19.4. The van der Waals surface area contributed by atoms with E-state index in [0.717, 1.165) is 23.4 Å². The zero-order valence-corrected chi connectivity index (χ0v) is 17.8. The van der Waals surface area contributed by atoms with E-state index < -0.39 is 11.9 Å². The lowest BCUT2D eigenvalue weighted by Gasteiger charge is -2.31. The Morgan fingerprint density at radius 3 is 2.52 bits per heavy atom. The zero-order valence-electron chi connectivity index (χ0n) is 17.8. The Balaban J connectivity index is 1.51. The van der Waals surface area contributed by atoms with E-state index in [9.17, 15) is 18.0 Å². The van der Waals surface area contributed by atoms with Crippen LogP contribution >= 0.6 is 0 Å². The van der Waals surface area contributed by atoms with Gasteiger partial charge in [-0.1, -0.05) is 0 Å². The monoisotopic (exact) mass is 457 g/mol. The summed E-state index contributed by atoms with van der Waals surface area (Å²) in [5.74, 6) is 0.190. The van der Waals surface area contributed by atoms with Gasteiger partial charge in [-0.15, -0.1) is 10.2 Å². The molecule has 2 aromatic heterocycles. The van der Waals surface area contributed by atoms with E-state index in [2.05, 4.69) is 30.4 Å². The van der Waals surface area contributed by atoms with Crippen molar-refractivity contribution in [2.45, 2.75) is 25.9 Å². The van der Waals surface area contributed by atoms with Crippen LogP contribution < -0.4 is 16.0 Å². The van der Waals surface area contributed by atoms with Crippen LogP contribution in [0.4, 0.5) is 30.6 Å². The van der Waals surface area contributed by atoms with E-state index >= 15 is 0 Å². The summed E-state index contributed by atoms with van der Waals surface area (Å²) in [6.07, 6.45) is -2.12. The van der Waals surface area contributed by atoms with E-state index in [1.165, 1.54) is 0 Å². The number of nitrogens with two attached hydrogens (primary N) is 1. The number of hydrogen-bond acceptors (Lipinski definition) is 7. The highest BCUT2D eigenvalue weighted by molar-refractivity contribution is 5.77. The fourth-order valence-corrected chi connectivity index (χ4v) is 3.75. The number of nitrogens with one attached hydrogen (secondary N) is 1. The van der Waals surface area contributed by atoms with E-state index in [0.29, 0.717) is 43.1 Å². The third kappa shape index (κ3) is 5.36. The molecule has 3 heterocycles. The predicted molar refractivity (Wildman–Crippen MR) is 117 cm³/mol. The normalized spacial score (nSPS) is 14.8. The minimum atomic E-state index is -4.55. The molecule has 3 aromatic rings. The SMILES string of the molecule is Cc1cc(Nc2nccc(C(F)(F)F)n2)cc(-c2ccc(N3CCC(C(N)=O)CC3)nn2)c1. The van der Waals surface area contributed by atoms with Crippen molar-refractivity contribution in [2.75, 3.05) is 23.3 Å². The average molecular weight is 457 g/mol. The first kappa shape index (κ1) is 22.4. The number of amides is 1. The maximum Gasteiger partial charge on any atom is 0.433 e. The number of carbonyl (C=O) groups excluding carboxylic acids is 1. The number of halogens is 3. The molecule has 0 aliphatic carbocycles. The van der Waals surface area contributed by atoms with E-state index in [1.54, 1.807) is 12.1 Å². The Bertz CT molecular complexity index is 1140. The Kier molecular flexibility index (Phi) is 6.12. The minimum absolute atomic E-state index is 0.104. The second-order valence-corrected chi connectivity index (χ2v) is 7.92. The molecule has 1 amide bonds. The maximum absolute atomic E-state index is 12.9. The van der Waals surface area contributed by atoms with Gasteiger partial charge >= 0.3 is 6.18 Å². The quantitative estimate of drug-likeness (QED) is 0.601. The summed E-state index contributed by atoms with van der Waals surface area (Å²) in [5, 5.41) is 11.5. The van der Waals surface area contributed by atoms with E-state index in [1.807, 2.05) is 25.1 Å². The van der Waals surface area contributed by atoms with Crippen LogP contribution in [0.25, 0.3) is 11.3 Å². The number of primary amides is 1. The Morgan fingerprint density at radius 1 is 1.12 bits per heavy atom. The van der Waals surface area contributed by atoms with Crippen LogP contribution in [0.5, 0.6) is 0 Å². The van der Waals surface area contributed by atoms with Gasteiger partial charge in [-0.3, -0.25) is 4.79 Å². The van der Waals surface area contributed by atoms with Crippen molar-refractivity contribution < 1.29 is 18.0 Å². The number of nitrogens with zero attached hydrogens (tertiary/aromatic N) is 5. The summed E-state index contributed by atoms with van der Waals surface area (Å²) >= 11 is 0. The summed E-state index contributed by atoms with van der Waals surface area (Å²) in [5.41, 5.74) is 7.13. The Hall–Kier alpha value is -3.76. The van der Waals surface area contributed by atoms with Crippen molar-refractivity contribution in [1.29, 1.82) is 0 Å². The van der Waals surface area contributed by atoms with Gasteiger partial charge < -0.3 is 16.0 Å². The van der Waals surface area contributed by atoms with Crippen LogP contribution in [0.15, 0.2) is 42.6 Å². The molecule has 0 radical (unpaired) electrons. The van der Waals surface area contributed by atoms with Crippen molar-refractivity contribution in [3.05, 3.63) is 53.9 Å². The first-order chi connectivity index (χ1) is 15.7. The molecule has 0 bridgehead atoms. The molecule has 1 fully saturated rings. The fraction of sp³-hybridized carbons (Fsp3) is 0.318. The van der Waals surface area contributed by atoms with Crippen LogP contribution in [0.2, 0.25) is 0 Å². The number of piperidine rings is 1. The Morgan fingerprint density at radius 2 is 1.88 bits per heavy atom. The molecule has 172 valence electrons. The molecule has 8 nitrogen and oxygen atoms in total. The zero-order chi connectivity index (χ0) is 23.6. The van der Waals surface area contributed by atoms with Gasteiger partial charge in [-0.2, -0.15) is 13.2 Å². The number of rotatable bonds is 5. The fourth-order valence-electron chi connectivity index (χ4n) is 3.75. The molecule has 0 unspecified atom stereocenters. The molecular formula is C22H22F3N7O. The Labute approximate surface area is 188 Å². The number of aromatic nitrogens is 4. The summed E-state index contributed by atoms with van der Waals surface area (Å²) in [4.78, 5) is 20.8. The van der Waals surface area contributed by atoms with Gasteiger partial charge in [-0.05, 0) is 61.7 Å². The number of benzene rings is 1. The van der Waals surface area contributed by atoms with Crippen LogP contribution in [-0.2, 0) is 11.0 Å². The van der Waals surface area contributed by atoms with E-state index in [-0.39, 0.29) is 17.8 Å². The summed E-state index contributed by atoms with van der Waals surface area (Å²) in [6, 6.07) is 9.94. The average Bonchev–Trinajstić information content (AvgIpc) is 2.78. The number of anilines is 3. The largest absolute Gasteiger partial charge is 0.433 e. The van der Waals surface area contributed by atoms with Crippen LogP contribution in [0.1, 0.15) is 24.1 Å². The smallest absolute Gasteiger partial charge is 0.369 e. The van der Waals surface area contributed by atoms with E-state index in [4.69, 9.17) is 5.73 Å². The van der Waals surface area contributed by atoms with Gasteiger partial charge in [0.2, 0.25) is 11.9 Å². The van der Waals surface area contributed by atoms with Gasteiger partial charge in [0, 0.05) is 36.5 Å². The lowest BCUT2D eigenvalue weighted by Crippen LogP contribution is -2.39. The third-order valence-electron chi connectivity index (χ3n) is 5.45. The highest BCUT2D eigenvalue weighted by Gasteiger charge is 2.32.